The fraction of sp³-hybridized carbons (Fsp3) is 0.185. The second kappa shape index (κ2) is 20.8. The molecule has 0 aliphatic heterocycles. The molecule has 12 bridgehead atoms. The van der Waals surface area contributed by atoms with Crippen LogP contribution >= 0.6 is 0 Å². The topological polar surface area (TPSA) is 108 Å². The standard InChI is InChI=1S/C92H69N3O4/c96-52-89(49-93-86(97)90-71-43-19-13-37-65(71)80(66-38-14-20-44-72(66)90)77-53-25-1-7-31-59(53)83(90)60-32-8-2-26-54(60)77,50-94-87(98)91-73-45-21-15-39-67(73)81(68-40-16-22-46-74(68)91)78-55-27-3-9-33-61(55)84(91)62-34-10-4-28-56(62)78)51-95-88(99)92-75-47-23-17-41-69(75)82(70-42-18-24-48-76(70)92)79-57-29-5-11-35-63(57)85(92)64-36-12-6-30-58(64)79/h1-48,77-85,96H,49-52H2,(H,93,97)(H,94,98)(H,95,99). The lowest BCUT2D eigenvalue weighted by molar-refractivity contribution is -0.127. The molecule has 7 nitrogen and oxygen atoms in total. The molecule has 30 rings (SSSR count). The van der Waals surface area contributed by atoms with Crippen molar-refractivity contribution in [1.82, 2.24) is 16.0 Å². The summed E-state index contributed by atoms with van der Waals surface area (Å²) in [5.74, 6) is -2.34. The van der Waals surface area contributed by atoms with Gasteiger partial charge in [-0.15, -0.1) is 0 Å². The zero-order chi connectivity index (χ0) is 65.7. The summed E-state index contributed by atoms with van der Waals surface area (Å²) >= 11 is 0. The van der Waals surface area contributed by atoms with Gasteiger partial charge in [-0.1, -0.05) is 291 Å². The first kappa shape index (κ1) is 57.1. The predicted molar refractivity (Wildman–Crippen MR) is 385 cm³/mol. The van der Waals surface area contributed by atoms with Crippen molar-refractivity contribution < 1.29 is 19.5 Å². The van der Waals surface area contributed by atoms with Gasteiger partial charge in [0.2, 0.25) is 17.7 Å². The normalized spacial score (nSPS) is 26.2. The van der Waals surface area contributed by atoms with Crippen LogP contribution in [0.5, 0.6) is 0 Å². The van der Waals surface area contributed by atoms with Crippen molar-refractivity contribution in [3.63, 3.8) is 0 Å². The highest BCUT2D eigenvalue weighted by Gasteiger charge is 2.65. The maximum Gasteiger partial charge on any atom is 0.236 e. The quantitative estimate of drug-likeness (QED) is 0.109. The second-order valence-electron chi connectivity index (χ2n) is 29.6. The van der Waals surface area contributed by atoms with E-state index in [0.29, 0.717) is 0 Å². The lowest BCUT2D eigenvalue weighted by Gasteiger charge is -2.56. The van der Waals surface area contributed by atoms with E-state index in [1.807, 2.05) is 0 Å². The van der Waals surface area contributed by atoms with Crippen molar-refractivity contribution in [1.29, 1.82) is 0 Å². The smallest absolute Gasteiger partial charge is 0.236 e. The third-order valence-corrected chi connectivity index (χ3v) is 25.8. The Labute approximate surface area is 575 Å². The number of carbonyl (C=O) groups is 3. The van der Waals surface area contributed by atoms with E-state index >= 15 is 14.4 Å². The van der Waals surface area contributed by atoms with Crippen LogP contribution in [-0.4, -0.2) is 49.1 Å². The molecule has 99 heavy (non-hydrogen) atoms. The first-order chi connectivity index (χ1) is 48.8. The average molecular weight is 1280 g/mol. The van der Waals surface area contributed by atoms with Crippen LogP contribution in [0.2, 0.25) is 0 Å². The third kappa shape index (κ3) is 7.08. The molecule has 0 heterocycles. The molecule has 0 spiro atoms. The summed E-state index contributed by atoms with van der Waals surface area (Å²) in [5.41, 5.74) is 21.1. The first-order valence-electron chi connectivity index (χ1n) is 35.4. The van der Waals surface area contributed by atoms with Gasteiger partial charge in [0.15, 0.2) is 0 Å². The fourth-order valence-corrected chi connectivity index (χ4v) is 22.2. The van der Waals surface area contributed by atoms with Gasteiger partial charge in [-0.05, 0) is 134 Å². The highest BCUT2D eigenvalue weighted by atomic mass is 16.3. The summed E-state index contributed by atoms with van der Waals surface area (Å²) in [4.78, 5) is 52.4. The molecule has 0 radical (unpaired) electrons. The largest absolute Gasteiger partial charge is 0.396 e. The number of hydrogen-bond donors (Lipinski definition) is 4. The van der Waals surface area contributed by atoms with Gasteiger partial charge >= 0.3 is 0 Å². The first-order valence-corrected chi connectivity index (χ1v) is 35.4. The Morgan fingerprint density at radius 1 is 0.242 bits per heavy atom. The molecular weight excluding hydrogens is 1210 g/mol. The number of carbonyl (C=O) groups excluding carboxylic acids is 3. The van der Waals surface area contributed by atoms with E-state index < -0.39 is 46.0 Å². The lowest BCUT2D eigenvalue weighted by atomic mass is 9.46. The van der Waals surface area contributed by atoms with Crippen LogP contribution in [-0.2, 0) is 30.6 Å². The van der Waals surface area contributed by atoms with Crippen LogP contribution in [0, 0.1) is 5.41 Å². The summed E-state index contributed by atoms with van der Waals surface area (Å²) < 4.78 is 0. The monoisotopic (exact) mass is 1280 g/mol. The summed E-state index contributed by atoms with van der Waals surface area (Å²) in [6.07, 6.45) is 0. The van der Waals surface area contributed by atoms with E-state index in [-0.39, 0.29) is 72.9 Å². The fourth-order valence-electron chi connectivity index (χ4n) is 22.2. The highest BCUT2D eigenvalue weighted by Crippen LogP contribution is 2.70. The van der Waals surface area contributed by atoms with Gasteiger partial charge in [0, 0.05) is 78.3 Å². The van der Waals surface area contributed by atoms with E-state index in [0.717, 1.165) is 100 Å². The van der Waals surface area contributed by atoms with Crippen molar-refractivity contribution in [2.75, 3.05) is 26.2 Å². The van der Waals surface area contributed by atoms with Crippen molar-refractivity contribution in [2.45, 2.75) is 69.5 Å². The van der Waals surface area contributed by atoms with Crippen molar-refractivity contribution >= 4 is 17.7 Å². The molecule has 476 valence electrons. The maximum absolute atomic E-state index is 17.5. The van der Waals surface area contributed by atoms with E-state index in [4.69, 9.17) is 0 Å². The zero-order valence-electron chi connectivity index (χ0n) is 54.4. The molecule has 12 aromatic rings. The van der Waals surface area contributed by atoms with Crippen LogP contribution in [0.4, 0.5) is 0 Å². The van der Waals surface area contributed by atoms with Gasteiger partial charge in [0.1, 0.15) is 16.2 Å². The molecule has 0 unspecified atom stereocenters. The number of nitrogens with one attached hydrogen (secondary N) is 3. The Kier molecular flexibility index (Phi) is 12.0. The minimum absolute atomic E-state index is 0.00172. The number of hydrogen-bond acceptors (Lipinski definition) is 4. The molecule has 0 fully saturated rings. The van der Waals surface area contributed by atoms with Gasteiger partial charge in [-0.3, -0.25) is 14.4 Å². The summed E-state index contributed by atoms with van der Waals surface area (Å²) in [6, 6.07) is 104. The molecule has 0 aromatic heterocycles. The molecule has 3 amide bonds. The Morgan fingerprint density at radius 3 is 0.576 bits per heavy atom. The van der Waals surface area contributed by atoms with Crippen molar-refractivity contribution in [3.8, 4) is 0 Å². The van der Waals surface area contributed by atoms with Gasteiger partial charge < -0.3 is 21.1 Å². The van der Waals surface area contributed by atoms with Gasteiger partial charge in [0.05, 0.1) is 6.61 Å². The molecule has 0 atom stereocenters. The number of benzene rings is 12. The molecule has 0 saturated carbocycles. The molecule has 7 heteroatoms. The minimum Gasteiger partial charge on any atom is -0.396 e. The molecule has 18 aliphatic carbocycles. The van der Waals surface area contributed by atoms with E-state index in [1.54, 1.807) is 0 Å². The zero-order valence-corrected chi connectivity index (χ0v) is 54.4. The summed E-state index contributed by atoms with van der Waals surface area (Å²) in [6.45, 7) is -0.913. The SMILES string of the molecule is O=C(NCC(CO)(CNC(=O)C12c3ccccc3C(c3ccccc31)C1c3ccccc3C2c2ccccc21)CNC(=O)C12c3ccccc3C(c3ccccc31)C1c3ccccc3C2c2ccccc21)C12c3ccccc3C(c3ccccc31)C1c3ccccc3C2c2ccccc21. The Bertz CT molecular complexity index is 4670. The number of aliphatic hydroxyl groups excluding tert-OH is 1. The number of aliphatic hydroxyl groups is 1. The van der Waals surface area contributed by atoms with Gasteiger partial charge in [-0.25, -0.2) is 0 Å². The molecule has 12 aromatic carbocycles. The van der Waals surface area contributed by atoms with E-state index in [1.165, 1.54) is 33.4 Å². The molecule has 0 saturated heterocycles. The number of amides is 3. The minimum atomic E-state index is -1.45. The van der Waals surface area contributed by atoms with Gasteiger partial charge in [0.25, 0.3) is 0 Å². The number of rotatable bonds is 10. The Morgan fingerprint density at radius 2 is 0.394 bits per heavy atom. The predicted octanol–water partition coefficient (Wildman–Crippen LogP) is 15.5. The Balaban J connectivity index is 0.753. The van der Waals surface area contributed by atoms with Crippen LogP contribution in [0.1, 0.15) is 187 Å². The Hall–Kier alpha value is -11.0. The van der Waals surface area contributed by atoms with Crippen LogP contribution in [0.15, 0.2) is 291 Å². The van der Waals surface area contributed by atoms with E-state index in [9.17, 15) is 5.11 Å². The lowest BCUT2D eigenvalue weighted by Crippen LogP contribution is -2.62. The molecular formula is C92H69N3O4. The van der Waals surface area contributed by atoms with Crippen LogP contribution < -0.4 is 16.0 Å². The third-order valence-electron chi connectivity index (χ3n) is 25.8. The summed E-state index contributed by atoms with van der Waals surface area (Å²) in [5, 5.41) is 24.2. The summed E-state index contributed by atoms with van der Waals surface area (Å²) in [7, 11) is 0. The highest BCUT2D eigenvalue weighted by molar-refractivity contribution is 6.01. The van der Waals surface area contributed by atoms with Crippen LogP contribution in [0.25, 0.3) is 0 Å². The van der Waals surface area contributed by atoms with Crippen molar-refractivity contribution in [3.05, 3.63) is 425 Å². The molecule has 4 N–H and O–H groups in total. The maximum atomic E-state index is 17.5. The van der Waals surface area contributed by atoms with Gasteiger partial charge in [-0.2, -0.15) is 0 Å². The van der Waals surface area contributed by atoms with Crippen LogP contribution in [0.3, 0.4) is 0 Å². The molecule has 18 aliphatic rings. The second-order valence-corrected chi connectivity index (χ2v) is 29.6. The average Bonchev–Trinajstić information content (AvgIpc) is 0.681. The van der Waals surface area contributed by atoms with Crippen molar-refractivity contribution in [2.24, 2.45) is 5.41 Å². The van der Waals surface area contributed by atoms with E-state index in [2.05, 4.69) is 307 Å².